The maximum absolute atomic E-state index is 11.5. The fraction of sp³-hybridized carbons (Fsp3) is 1.00. The van der Waals surface area contributed by atoms with Gasteiger partial charge in [-0.25, -0.2) is 0 Å². The van der Waals surface area contributed by atoms with Gasteiger partial charge in [0.15, 0.2) is 0 Å². The maximum Gasteiger partial charge on any atom is 0.115 e. The van der Waals surface area contributed by atoms with Gasteiger partial charge in [-0.2, -0.15) is 0 Å². The molecule has 0 aromatic carbocycles. The molecule has 0 radical (unpaired) electrons. The van der Waals surface area contributed by atoms with Gasteiger partial charge >= 0.3 is 0 Å². The third-order valence-corrected chi connectivity index (χ3v) is 5.14. The minimum Gasteiger partial charge on any atom is -0.598 e. The summed E-state index contributed by atoms with van der Waals surface area (Å²) in [6.07, 6.45) is 5.31. The fourth-order valence-electron chi connectivity index (χ4n) is 2.79. The molecule has 4 heteroatoms. The predicted octanol–water partition coefficient (Wildman–Crippen LogP) is 0.839. The fourth-order valence-corrected chi connectivity index (χ4v) is 3.74. The van der Waals surface area contributed by atoms with Gasteiger partial charge in [0.1, 0.15) is 6.26 Å². The van der Waals surface area contributed by atoms with Crippen LogP contribution >= 0.6 is 0 Å². The predicted molar refractivity (Wildman–Crippen MR) is 59.4 cm³/mol. The van der Waals surface area contributed by atoms with Crippen molar-refractivity contribution in [3.8, 4) is 0 Å². The summed E-state index contributed by atoms with van der Waals surface area (Å²) in [5.41, 5.74) is 0.360. The van der Waals surface area contributed by atoms with Gasteiger partial charge < -0.3 is 9.45 Å². The van der Waals surface area contributed by atoms with Crippen LogP contribution in [0.4, 0.5) is 0 Å². The molecule has 2 aliphatic rings. The van der Waals surface area contributed by atoms with Crippen molar-refractivity contribution < 1.29 is 4.55 Å². The lowest BCUT2D eigenvalue weighted by Crippen LogP contribution is -2.61. The van der Waals surface area contributed by atoms with E-state index < -0.39 is 11.4 Å². The zero-order valence-corrected chi connectivity index (χ0v) is 10.1. The van der Waals surface area contributed by atoms with Crippen LogP contribution in [0, 0.1) is 0 Å². The summed E-state index contributed by atoms with van der Waals surface area (Å²) < 4.78 is 13.7. The Morgan fingerprint density at radius 1 is 1.43 bits per heavy atom. The van der Waals surface area contributed by atoms with Crippen LogP contribution in [0.3, 0.4) is 0 Å². The van der Waals surface area contributed by atoms with Crippen LogP contribution in [0.2, 0.25) is 0 Å². The van der Waals surface area contributed by atoms with E-state index in [4.69, 9.17) is 0 Å². The van der Waals surface area contributed by atoms with Crippen LogP contribution in [0.15, 0.2) is 0 Å². The van der Waals surface area contributed by atoms with Crippen LogP contribution in [0.25, 0.3) is 0 Å². The van der Waals surface area contributed by atoms with E-state index in [0.29, 0.717) is 11.6 Å². The van der Waals surface area contributed by atoms with Crippen molar-refractivity contribution >= 4 is 11.4 Å². The number of fused-ring (bicyclic) bond motifs is 2. The molecule has 0 amide bonds. The summed E-state index contributed by atoms with van der Waals surface area (Å²) in [5.74, 6) is 0. The molecule has 2 aliphatic heterocycles. The Labute approximate surface area is 89.8 Å². The number of hydrogen-bond donors (Lipinski definition) is 0. The van der Waals surface area contributed by atoms with Crippen molar-refractivity contribution in [3.63, 3.8) is 0 Å². The van der Waals surface area contributed by atoms with Crippen molar-refractivity contribution in [1.29, 1.82) is 0 Å². The van der Waals surface area contributed by atoms with Crippen LogP contribution < -0.4 is 0 Å². The quantitative estimate of drug-likeness (QED) is 0.608. The minimum atomic E-state index is -0.778. The first kappa shape index (κ1) is 10.7. The summed E-state index contributed by atoms with van der Waals surface area (Å²) in [6, 6.07) is 0.552. The Bertz CT molecular complexity index is 224. The van der Waals surface area contributed by atoms with E-state index in [1.807, 2.05) is 0 Å². The summed E-state index contributed by atoms with van der Waals surface area (Å²) >= 11 is -0.778. The Balaban J connectivity index is 2.10. The molecule has 0 spiro atoms. The van der Waals surface area contributed by atoms with Crippen molar-refractivity contribution in [2.24, 2.45) is 0 Å². The smallest absolute Gasteiger partial charge is 0.115 e. The zero-order chi connectivity index (χ0) is 10.3. The molecule has 2 heterocycles. The number of likely N-dealkylation sites (tertiary alicyclic amines) is 1. The van der Waals surface area contributed by atoms with Crippen LogP contribution in [0.5, 0.6) is 0 Å². The van der Waals surface area contributed by atoms with E-state index in [2.05, 4.69) is 23.2 Å². The summed E-state index contributed by atoms with van der Waals surface area (Å²) in [5, 5.41) is 0. The molecule has 0 aromatic rings. The van der Waals surface area contributed by atoms with Gasteiger partial charge in [-0.15, -0.1) is 4.31 Å². The molecule has 82 valence electrons. The highest BCUT2D eigenvalue weighted by molar-refractivity contribution is 7.88. The van der Waals surface area contributed by atoms with E-state index >= 15 is 0 Å². The van der Waals surface area contributed by atoms with Crippen LogP contribution in [-0.4, -0.2) is 51.7 Å². The van der Waals surface area contributed by atoms with E-state index in [1.165, 1.54) is 12.8 Å². The number of hydrogen-bond acceptors (Lipinski definition) is 3. The van der Waals surface area contributed by atoms with E-state index in [1.54, 1.807) is 6.26 Å². The van der Waals surface area contributed by atoms with Gasteiger partial charge in [-0.05, 0) is 33.2 Å². The Hall–Kier alpha value is 0.230. The minimum absolute atomic E-state index is 0.360. The standard InChI is InChI=1S/C10H20N2OS/c1-10-5-7-12(14(3)13)9(8-10)4-6-11(10)2/h9H,4-8H2,1-3H3/t9?,10-,14?/m0/s1. The molecule has 2 fully saturated rings. The normalized spacial score (nSPS) is 42.4. The van der Waals surface area contributed by atoms with Gasteiger partial charge in [-0.1, -0.05) is 0 Å². The van der Waals surface area contributed by atoms with Crippen molar-refractivity contribution in [2.45, 2.75) is 37.8 Å². The van der Waals surface area contributed by atoms with E-state index in [-0.39, 0.29) is 0 Å². The van der Waals surface area contributed by atoms with Gasteiger partial charge in [0.2, 0.25) is 0 Å². The molecular formula is C10H20N2OS. The second-order valence-corrected chi connectivity index (χ2v) is 6.20. The number of nitrogens with zero attached hydrogens (tertiary/aromatic N) is 2. The lowest BCUT2D eigenvalue weighted by atomic mass is 9.80. The molecule has 0 N–H and O–H groups in total. The molecule has 2 bridgehead atoms. The van der Waals surface area contributed by atoms with Gasteiger partial charge in [0.25, 0.3) is 0 Å². The summed E-state index contributed by atoms with van der Waals surface area (Å²) in [7, 11) is 2.22. The second-order valence-electron chi connectivity index (χ2n) is 4.88. The summed E-state index contributed by atoms with van der Waals surface area (Å²) in [4.78, 5) is 2.47. The summed E-state index contributed by atoms with van der Waals surface area (Å²) in [6.45, 7) is 4.48. The Kier molecular flexibility index (Phi) is 2.81. The molecule has 0 aromatic heterocycles. The SMILES string of the molecule is CN1CCC2C[C@]1(C)CCN2[S+](C)[O-]. The lowest BCUT2D eigenvalue weighted by molar-refractivity contribution is 0.00485. The van der Waals surface area contributed by atoms with Crippen molar-refractivity contribution in [1.82, 2.24) is 9.21 Å². The molecule has 2 unspecified atom stereocenters. The van der Waals surface area contributed by atoms with Gasteiger partial charge in [-0.3, -0.25) is 0 Å². The topological polar surface area (TPSA) is 29.5 Å². The van der Waals surface area contributed by atoms with E-state index in [0.717, 1.165) is 19.5 Å². The van der Waals surface area contributed by atoms with Crippen molar-refractivity contribution in [3.05, 3.63) is 0 Å². The largest absolute Gasteiger partial charge is 0.598 e. The third kappa shape index (κ3) is 1.69. The van der Waals surface area contributed by atoms with Crippen LogP contribution in [-0.2, 0) is 11.4 Å². The molecule has 2 rings (SSSR count). The Morgan fingerprint density at radius 3 is 2.79 bits per heavy atom. The molecular weight excluding hydrogens is 196 g/mol. The first-order chi connectivity index (χ1) is 6.53. The second kappa shape index (κ2) is 3.67. The Morgan fingerprint density at radius 2 is 2.14 bits per heavy atom. The molecule has 2 saturated heterocycles. The number of rotatable bonds is 1. The van der Waals surface area contributed by atoms with Gasteiger partial charge in [0, 0.05) is 30.0 Å². The maximum atomic E-state index is 11.5. The van der Waals surface area contributed by atoms with E-state index in [9.17, 15) is 4.55 Å². The average molecular weight is 216 g/mol. The third-order valence-electron chi connectivity index (χ3n) is 4.00. The first-order valence-electron chi connectivity index (χ1n) is 5.34. The molecule has 0 saturated carbocycles. The van der Waals surface area contributed by atoms with Gasteiger partial charge in [0.05, 0.1) is 6.04 Å². The highest BCUT2D eigenvalue weighted by Gasteiger charge is 2.45. The van der Waals surface area contributed by atoms with Crippen LogP contribution in [0.1, 0.15) is 26.2 Å². The molecule has 3 atom stereocenters. The average Bonchev–Trinajstić information content (AvgIpc) is 2.12. The highest BCUT2D eigenvalue weighted by Crippen LogP contribution is 2.37. The molecule has 14 heavy (non-hydrogen) atoms. The highest BCUT2D eigenvalue weighted by atomic mass is 32.2. The zero-order valence-electron chi connectivity index (χ0n) is 9.32. The molecule has 3 nitrogen and oxygen atoms in total. The monoisotopic (exact) mass is 216 g/mol. The molecule has 0 aliphatic carbocycles. The number of piperidine rings is 2. The lowest BCUT2D eigenvalue weighted by Gasteiger charge is -2.52. The van der Waals surface area contributed by atoms with Crippen molar-refractivity contribution in [2.75, 3.05) is 26.4 Å². The first-order valence-corrected chi connectivity index (χ1v) is 6.86.